The number of carbonyl (C=O) groups is 1. The minimum atomic E-state index is -0.0595. The van der Waals surface area contributed by atoms with E-state index in [1.807, 2.05) is 12.1 Å². The van der Waals surface area contributed by atoms with Crippen LogP contribution >= 0.6 is 11.6 Å². The molecule has 0 atom stereocenters. The predicted octanol–water partition coefficient (Wildman–Crippen LogP) is 3.50. The zero-order valence-corrected chi connectivity index (χ0v) is 16.4. The SMILES string of the molecule is CN1CCN(Cc2ccc(NC(=O)CCOc3ccc(Cl)cc3)cc2)CC1. The van der Waals surface area contributed by atoms with Crippen LogP contribution in [0.2, 0.25) is 5.02 Å². The standard InChI is InChI=1S/C21H26ClN3O2/c1-24-11-13-25(14-12-24)16-17-2-6-19(7-3-17)23-21(26)10-15-27-20-8-4-18(22)5-9-20/h2-9H,10-16H2,1H3,(H,23,26). The molecule has 0 aliphatic carbocycles. The molecule has 6 heteroatoms. The van der Waals surface area contributed by atoms with Crippen molar-refractivity contribution in [3.8, 4) is 5.75 Å². The zero-order valence-electron chi connectivity index (χ0n) is 15.7. The highest BCUT2D eigenvalue weighted by Gasteiger charge is 2.13. The molecule has 1 N–H and O–H groups in total. The van der Waals surface area contributed by atoms with Crippen LogP contribution in [-0.2, 0) is 11.3 Å². The first-order valence-corrected chi connectivity index (χ1v) is 9.64. The van der Waals surface area contributed by atoms with E-state index in [0.717, 1.165) is 38.4 Å². The Bertz CT molecular complexity index is 726. The van der Waals surface area contributed by atoms with Crippen LogP contribution in [0.3, 0.4) is 0 Å². The Morgan fingerprint density at radius 1 is 1.04 bits per heavy atom. The molecule has 1 aliphatic rings. The molecule has 0 saturated carbocycles. The van der Waals surface area contributed by atoms with E-state index < -0.39 is 0 Å². The lowest BCUT2D eigenvalue weighted by Crippen LogP contribution is -2.43. The zero-order chi connectivity index (χ0) is 19.1. The molecule has 0 unspecified atom stereocenters. The van der Waals surface area contributed by atoms with Crippen molar-refractivity contribution in [3.05, 3.63) is 59.1 Å². The summed E-state index contributed by atoms with van der Waals surface area (Å²) in [6.07, 6.45) is 0.297. The predicted molar refractivity (Wildman–Crippen MR) is 109 cm³/mol. The van der Waals surface area contributed by atoms with Crippen molar-refractivity contribution in [1.29, 1.82) is 0 Å². The van der Waals surface area contributed by atoms with E-state index in [1.165, 1.54) is 5.56 Å². The average molecular weight is 388 g/mol. The number of nitrogens with zero attached hydrogens (tertiary/aromatic N) is 2. The molecule has 0 bridgehead atoms. The molecule has 144 valence electrons. The maximum atomic E-state index is 12.1. The molecular weight excluding hydrogens is 362 g/mol. The van der Waals surface area contributed by atoms with E-state index in [1.54, 1.807) is 24.3 Å². The third-order valence-electron chi connectivity index (χ3n) is 4.65. The van der Waals surface area contributed by atoms with Crippen molar-refractivity contribution in [2.24, 2.45) is 0 Å². The highest BCUT2D eigenvalue weighted by Crippen LogP contribution is 2.16. The minimum Gasteiger partial charge on any atom is -0.493 e. The topological polar surface area (TPSA) is 44.8 Å². The number of piperazine rings is 1. The first-order valence-electron chi connectivity index (χ1n) is 9.26. The molecule has 3 rings (SSSR count). The first kappa shape index (κ1) is 19.7. The maximum Gasteiger partial charge on any atom is 0.227 e. The summed E-state index contributed by atoms with van der Waals surface area (Å²) < 4.78 is 5.55. The number of benzene rings is 2. The van der Waals surface area contributed by atoms with E-state index in [2.05, 4.69) is 34.3 Å². The largest absolute Gasteiger partial charge is 0.493 e. The van der Waals surface area contributed by atoms with E-state index in [9.17, 15) is 4.79 Å². The van der Waals surface area contributed by atoms with Crippen LogP contribution < -0.4 is 10.1 Å². The van der Waals surface area contributed by atoms with Gasteiger partial charge in [0.1, 0.15) is 5.75 Å². The van der Waals surface area contributed by atoms with Crippen molar-refractivity contribution in [3.63, 3.8) is 0 Å². The number of carbonyl (C=O) groups excluding carboxylic acids is 1. The van der Waals surface area contributed by atoms with Gasteiger partial charge in [0.2, 0.25) is 5.91 Å². The molecule has 5 nitrogen and oxygen atoms in total. The van der Waals surface area contributed by atoms with Gasteiger partial charge in [-0.25, -0.2) is 0 Å². The Morgan fingerprint density at radius 2 is 1.70 bits per heavy atom. The summed E-state index contributed by atoms with van der Waals surface area (Å²) in [7, 11) is 2.16. The summed E-state index contributed by atoms with van der Waals surface area (Å²) in [6, 6.07) is 15.2. The molecule has 2 aromatic rings. The fourth-order valence-corrected chi connectivity index (χ4v) is 3.10. The van der Waals surface area contributed by atoms with Crippen molar-refractivity contribution >= 4 is 23.2 Å². The number of ether oxygens (including phenoxy) is 1. The van der Waals surface area contributed by atoms with Gasteiger partial charge in [0, 0.05) is 43.4 Å². The molecule has 0 radical (unpaired) electrons. The number of amides is 1. The van der Waals surface area contributed by atoms with Gasteiger partial charge in [0.25, 0.3) is 0 Å². The monoisotopic (exact) mass is 387 g/mol. The van der Waals surface area contributed by atoms with Gasteiger partial charge in [-0.1, -0.05) is 23.7 Å². The molecule has 1 saturated heterocycles. The lowest BCUT2D eigenvalue weighted by molar-refractivity contribution is -0.116. The van der Waals surface area contributed by atoms with Crippen LogP contribution in [0.1, 0.15) is 12.0 Å². The summed E-state index contributed by atoms with van der Waals surface area (Å²) in [5.41, 5.74) is 2.08. The number of anilines is 1. The summed E-state index contributed by atoms with van der Waals surface area (Å²) in [6.45, 7) is 5.72. The Kier molecular flexibility index (Phi) is 7.10. The number of nitrogens with one attached hydrogen (secondary N) is 1. The molecule has 1 amide bonds. The Hall–Kier alpha value is -2.08. The summed E-state index contributed by atoms with van der Waals surface area (Å²) in [5, 5.41) is 3.58. The lowest BCUT2D eigenvalue weighted by atomic mass is 10.1. The van der Waals surface area contributed by atoms with Crippen molar-refractivity contribution in [1.82, 2.24) is 9.80 Å². The van der Waals surface area contributed by atoms with E-state index in [0.29, 0.717) is 23.8 Å². The van der Waals surface area contributed by atoms with Crippen LogP contribution in [0.4, 0.5) is 5.69 Å². The van der Waals surface area contributed by atoms with Gasteiger partial charge in [-0.2, -0.15) is 0 Å². The van der Waals surface area contributed by atoms with Crippen LogP contribution in [0, 0.1) is 0 Å². The second kappa shape index (κ2) is 9.74. The highest BCUT2D eigenvalue weighted by atomic mass is 35.5. The molecular formula is C21H26ClN3O2. The smallest absolute Gasteiger partial charge is 0.227 e. The normalized spacial score (nSPS) is 15.5. The minimum absolute atomic E-state index is 0.0595. The number of hydrogen-bond donors (Lipinski definition) is 1. The third-order valence-corrected chi connectivity index (χ3v) is 4.90. The van der Waals surface area contributed by atoms with Gasteiger partial charge in [-0.3, -0.25) is 9.69 Å². The van der Waals surface area contributed by atoms with E-state index in [4.69, 9.17) is 16.3 Å². The van der Waals surface area contributed by atoms with Gasteiger partial charge >= 0.3 is 0 Å². The lowest BCUT2D eigenvalue weighted by Gasteiger charge is -2.32. The van der Waals surface area contributed by atoms with Gasteiger partial charge in [0.15, 0.2) is 0 Å². The molecule has 0 spiro atoms. The quantitative estimate of drug-likeness (QED) is 0.789. The van der Waals surface area contributed by atoms with Gasteiger partial charge < -0.3 is 15.0 Å². The number of likely N-dealkylation sites (N-methyl/N-ethyl adjacent to an activating group) is 1. The average Bonchev–Trinajstić information content (AvgIpc) is 2.67. The number of rotatable bonds is 7. The molecule has 27 heavy (non-hydrogen) atoms. The fraction of sp³-hybridized carbons (Fsp3) is 0.381. The second-order valence-electron chi connectivity index (χ2n) is 6.88. The second-order valence-corrected chi connectivity index (χ2v) is 7.31. The third kappa shape index (κ3) is 6.54. The van der Waals surface area contributed by atoms with E-state index in [-0.39, 0.29) is 5.91 Å². The Morgan fingerprint density at radius 3 is 2.37 bits per heavy atom. The van der Waals surface area contributed by atoms with Crippen LogP contribution in [0.15, 0.2) is 48.5 Å². The number of halogens is 1. The molecule has 1 fully saturated rings. The maximum absolute atomic E-state index is 12.1. The summed E-state index contributed by atoms with van der Waals surface area (Å²) in [4.78, 5) is 16.9. The number of hydrogen-bond acceptors (Lipinski definition) is 4. The molecule has 1 heterocycles. The van der Waals surface area contributed by atoms with Crippen LogP contribution in [0.25, 0.3) is 0 Å². The fourth-order valence-electron chi connectivity index (χ4n) is 2.97. The molecule has 1 aliphatic heterocycles. The van der Waals surface area contributed by atoms with Gasteiger partial charge in [-0.15, -0.1) is 0 Å². The summed E-state index contributed by atoms with van der Waals surface area (Å²) in [5.74, 6) is 0.649. The van der Waals surface area contributed by atoms with Gasteiger partial charge in [0.05, 0.1) is 13.0 Å². The first-order chi connectivity index (χ1) is 13.1. The Labute approximate surface area is 165 Å². The highest BCUT2D eigenvalue weighted by molar-refractivity contribution is 6.30. The van der Waals surface area contributed by atoms with Crippen LogP contribution in [-0.4, -0.2) is 55.5 Å². The Balaban J connectivity index is 1.39. The van der Waals surface area contributed by atoms with Crippen LogP contribution in [0.5, 0.6) is 5.75 Å². The van der Waals surface area contributed by atoms with E-state index >= 15 is 0 Å². The molecule has 2 aromatic carbocycles. The molecule has 0 aromatic heterocycles. The van der Waals surface area contributed by atoms with Crippen molar-refractivity contribution < 1.29 is 9.53 Å². The summed E-state index contributed by atoms with van der Waals surface area (Å²) >= 11 is 5.83. The van der Waals surface area contributed by atoms with Crippen molar-refractivity contribution in [2.75, 3.05) is 45.2 Å². The van der Waals surface area contributed by atoms with Gasteiger partial charge in [-0.05, 0) is 49.0 Å². The van der Waals surface area contributed by atoms with Crippen molar-refractivity contribution in [2.45, 2.75) is 13.0 Å².